The summed E-state index contributed by atoms with van der Waals surface area (Å²) >= 11 is 0. The molecule has 0 bridgehead atoms. The van der Waals surface area contributed by atoms with Crippen LogP contribution in [0, 0.1) is 6.92 Å². The second-order valence-corrected chi connectivity index (χ2v) is 6.31. The fourth-order valence-corrected chi connectivity index (χ4v) is 3.12. The van der Waals surface area contributed by atoms with E-state index < -0.39 is 0 Å². The number of anilines is 1. The molecule has 9 heteroatoms. The van der Waals surface area contributed by atoms with Gasteiger partial charge in [-0.3, -0.25) is 0 Å². The zero-order chi connectivity index (χ0) is 17.2. The largest absolute Gasteiger partial charge is 0.356 e. The second kappa shape index (κ2) is 6.60. The third kappa shape index (κ3) is 3.22. The number of hydrogen-bond donors (Lipinski definition) is 1. The molecule has 3 aromatic heterocycles. The quantitative estimate of drug-likeness (QED) is 0.752. The van der Waals surface area contributed by atoms with Gasteiger partial charge in [-0.25, -0.2) is 19.3 Å². The molecule has 4 heterocycles. The Balaban J connectivity index is 1.45. The molecule has 0 aromatic carbocycles. The summed E-state index contributed by atoms with van der Waals surface area (Å²) in [6.45, 7) is 4.26. The van der Waals surface area contributed by atoms with Crippen LogP contribution in [0.5, 0.6) is 0 Å². The number of rotatable bonds is 4. The van der Waals surface area contributed by atoms with Crippen molar-refractivity contribution in [3.05, 3.63) is 42.2 Å². The van der Waals surface area contributed by atoms with Crippen molar-refractivity contribution in [2.24, 2.45) is 5.73 Å². The van der Waals surface area contributed by atoms with E-state index in [9.17, 15) is 0 Å². The van der Waals surface area contributed by atoms with Crippen LogP contribution in [0.2, 0.25) is 0 Å². The predicted molar refractivity (Wildman–Crippen MR) is 92.3 cm³/mol. The zero-order valence-corrected chi connectivity index (χ0v) is 14.2. The molecule has 1 aliphatic rings. The molecule has 0 saturated carbocycles. The molecule has 0 aliphatic carbocycles. The summed E-state index contributed by atoms with van der Waals surface area (Å²) < 4.78 is 3.72. The highest BCUT2D eigenvalue weighted by atomic mass is 15.4. The van der Waals surface area contributed by atoms with E-state index in [-0.39, 0.29) is 0 Å². The summed E-state index contributed by atoms with van der Waals surface area (Å²) in [5.74, 6) is 1.71. The lowest BCUT2D eigenvalue weighted by Crippen LogP contribution is -2.35. The van der Waals surface area contributed by atoms with Crippen LogP contribution in [0.4, 0.5) is 5.82 Å². The maximum Gasteiger partial charge on any atom is 0.158 e. The zero-order valence-electron chi connectivity index (χ0n) is 14.2. The first-order chi connectivity index (χ1) is 12.2. The van der Waals surface area contributed by atoms with E-state index in [2.05, 4.69) is 30.3 Å². The molecular weight excluding hydrogens is 318 g/mol. The minimum Gasteiger partial charge on any atom is -0.356 e. The van der Waals surface area contributed by atoms with Gasteiger partial charge in [0.15, 0.2) is 5.82 Å². The van der Waals surface area contributed by atoms with Gasteiger partial charge in [-0.1, -0.05) is 5.21 Å². The Morgan fingerprint density at radius 1 is 1.16 bits per heavy atom. The van der Waals surface area contributed by atoms with Gasteiger partial charge >= 0.3 is 0 Å². The average molecular weight is 339 g/mol. The molecule has 1 aliphatic heterocycles. The van der Waals surface area contributed by atoms with Gasteiger partial charge in [0.25, 0.3) is 0 Å². The molecule has 4 rings (SSSR count). The predicted octanol–water partition coefficient (Wildman–Crippen LogP) is 0.862. The highest BCUT2D eigenvalue weighted by molar-refractivity contribution is 5.43. The smallest absolute Gasteiger partial charge is 0.158 e. The van der Waals surface area contributed by atoms with Crippen LogP contribution in [0.15, 0.2) is 31.0 Å². The highest BCUT2D eigenvalue weighted by Crippen LogP contribution is 2.25. The Morgan fingerprint density at radius 3 is 2.64 bits per heavy atom. The van der Waals surface area contributed by atoms with Crippen LogP contribution >= 0.6 is 0 Å². The molecule has 0 atom stereocenters. The first-order valence-electron chi connectivity index (χ1n) is 8.42. The van der Waals surface area contributed by atoms with Gasteiger partial charge in [-0.05, 0) is 25.3 Å². The van der Waals surface area contributed by atoms with E-state index in [1.165, 1.54) is 0 Å². The topological polar surface area (TPSA) is 104 Å². The van der Waals surface area contributed by atoms with Crippen LogP contribution in [0.3, 0.4) is 0 Å². The molecule has 0 amide bonds. The summed E-state index contributed by atoms with van der Waals surface area (Å²) in [7, 11) is 0. The van der Waals surface area contributed by atoms with Crippen LogP contribution in [0.25, 0.3) is 5.82 Å². The molecule has 130 valence electrons. The van der Waals surface area contributed by atoms with Gasteiger partial charge < -0.3 is 10.6 Å². The summed E-state index contributed by atoms with van der Waals surface area (Å²) in [5, 5.41) is 12.6. The molecule has 1 saturated heterocycles. The van der Waals surface area contributed by atoms with Crippen LogP contribution < -0.4 is 10.6 Å². The summed E-state index contributed by atoms with van der Waals surface area (Å²) in [6.07, 6.45) is 9.31. The number of aromatic nitrogens is 7. The van der Waals surface area contributed by atoms with E-state index >= 15 is 0 Å². The fourth-order valence-electron chi connectivity index (χ4n) is 3.12. The van der Waals surface area contributed by atoms with E-state index in [1.54, 1.807) is 11.0 Å². The van der Waals surface area contributed by atoms with Gasteiger partial charge in [0.2, 0.25) is 0 Å². The van der Waals surface area contributed by atoms with E-state index in [1.807, 2.05) is 36.3 Å². The molecule has 2 N–H and O–H groups in total. The van der Waals surface area contributed by atoms with Gasteiger partial charge in [0.1, 0.15) is 12.1 Å². The van der Waals surface area contributed by atoms with Crippen molar-refractivity contribution in [2.75, 3.05) is 18.0 Å². The summed E-state index contributed by atoms with van der Waals surface area (Å²) in [5.41, 5.74) is 7.54. The SMILES string of the molecule is Cc1cnn(-c2cc(N3CCC(n4cc(CN)nn4)CC3)ncn2)c1. The Bertz CT molecular complexity index is 845. The maximum atomic E-state index is 5.61. The third-order valence-corrected chi connectivity index (χ3v) is 4.51. The minimum atomic E-state index is 0.360. The number of nitrogens with two attached hydrogens (primary N) is 1. The monoisotopic (exact) mass is 339 g/mol. The van der Waals surface area contributed by atoms with Crippen LogP contribution in [0.1, 0.15) is 30.1 Å². The first kappa shape index (κ1) is 15.7. The van der Waals surface area contributed by atoms with Crippen molar-refractivity contribution in [3.63, 3.8) is 0 Å². The number of aryl methyl sites for hydroxylation is 1. The fraction of sp³-hybridized carbons (Fsp3) is 0.438. The molecule has 3 aromatic rings. The normalized spacial score (nSPS) is 15.7. The summed E-state index contributed by atoms with van der Waals surface area (Å²) in [6, 6.07) is 2.34. The Kier molecular flexibility index (Phi) is 4.14. The first-order valence-corrected chi connectivity index (χ1v) is 8.42. The minimum absolute atomic E-state index is 0.360. The Morgan fingerprint density at radius 2 is 1.96 bits per heavy atom. The average Bonchev–Trinajstić information content (AvgIpc) is 3.31. The van der Waals surface area contributed by atoms with E-state index in [0.717, 1.165) is 48.8 Å². The van der Waals surface area contributed by atoms with E-state index in [0.29, 0.717) is 12.6 Å². The Labute approximate surface area is 145 Å². The van der Waals surface area contributed by atoms with Crippen molar-refractivity contribution in [3.8, 4) is 5.82 Å². The van der Waals surface area contributed by atoms with Crippen molar-refractivity contribution < 1.29 is 0 Å². The molecule has 0 unspecified atom stereocenters. The summed E-state index contributed by atoms with van der Waals surface area (Å²) in [4.78, 5) is 11.0. The maximum absolute atomic E-state index is 5.61. The van der Waals surface area contributed by atoms with Gasteiger partial charge in [0, 0.05) is 31.9 Å². The highest BCUT2D eigenvalue weighted by Gasteiger charge is 2.22. The van der Waals surface area contributed by atoms with Gasteiger partial charge in [0.05, 0.1) is 24.1 Å². The second-order valence-electron chi connectivity index (χ2n) is 6.31. The number of piperidine rings is 1. The van der Waals surface area contributed by atoms with E-state index in [4.69, 9.17) is 5.73 Å². The van der Waals surface area contributed by atoms with Gasteiger partial charge in [-0.2, -0.15) is 5.10 Å². The third-order valence-electron chi connectivity index (χ3n) is 4.51. The lowest BCUT2D eigenvalue weighted by molar-refractivity contribution is 0.359. The number of nitrogens with zero attached hydrogens (tertiary/aromatic N) is 8. The molecule has 9 nitrogen and oxygen atoms in total. The number of hydrogen-bond acceptors (Lipinski definition) is 7. The molecule has 0 spiro atoms. The molecule has 25 heavy (non-hydrogen) atoms. The Hall–Kier alpha value is -2.81. The molecule has 1 fully saturated rings. The molecule has 0 radical (unpaired) electrons. The lowest BCUT2D eigenvalue weighted by Gasteiger charge is -2.32. The van der Waals surface area contributed by atoms with Crippen molar-refractivity contribution in [2.45, 2.75) is 32.4 Å². The molecular formula is C16H21N9. The van der Waals surface area contributed by atoms with Crippen molar-refractivity contribution in [1.29, 1.82) is 0 Å². The van der Waals surface area contributed by atoms with Crippen LogP contribution in [-0.2, 0) is 6.54 Å². The van der Waals surface area contributed by atoms with Gasteiger partial charge in [-0.15, -0.1) is 5.10 Å². The standard InChI is InChI=1S/C16H21N9/c1-12-8-20-25(9-12)16-6-15(18-11-19-16)23-4-2-14(3-5-23)24-10-13(7-17)21-22-24/h6,8-11,14H,2-5,7,17H2,1H3. The lowest BCUT2D eigenvalue weighted by atomic mass is 10.1. The van der Waals surface area contributed by atoms with Crippen molar-refractivity contribution in [1.82, 2.24) is 34.7 Å². The van der Waals surface area contributed by atoms with Crippen LogP contribution in [-0.4, -0.2) is 47.8 Å². The van der Waals surface area contributed by atoms with Crippen molar-refractivity contribution >= 4 is 5.82 Å².